The van der Waals surface area contributed by atoms with E-state index in [1.165, 1.54) is 21.7 Å². The molecule has 0 atom stereocenters. The number of rotatable bonds is 4. The quantitative estimate of drug-likeness (QED) is 0.680. The third kappa shape index (κ3) is 3.32. The van der Waals surface area contributed by atoms with Crippen LogP contribution >= 0.6 is 11.3 Å². The molecular formula is C18H17FN2O3S2. The Morgan fingerprint density at radius 3 is 2.50 bits per heavy atom. The van der Waals surface area contributed by atoms with E-state index in [2.05, 4.69) is 4.98 Å². The molecule has 0 unspecified atom stereocenters. The predicted octanol–water partition coefficient (Wildman–Crippen LogP) is 3.67. The molecule has 1 aliphatic heterocycles. The second kappa shape index (κ2) is 6.94. The highest BCUT2D eigenvalue weighted by molar-refractivity contribution is 7.89. The summed E-state index contributed by atoms with van der Waals surface area (Å²) in [5, 5.41) is 0.425. The summed E-state index contributed by atoms with van der Waals surface area (Å²) in [4.78, 5) is 4.52. The van der Waals surface area contributed by atoms with Gasteiger partial charge in [-0.1, -0.05) is 35.6 Å². The Bertz CT molecular complexity index is 1010. The van der Waals surface area contributed by atoms with E-state index in [9.17, 15) is 12.8 Å². The van der Waals surface area contributed by atoms with Crippen LogP contribution in [0.1, 0.15) is 12.8 Å². The van der Waals surface area contributed by atoms with Crippen LogP contribution in [0, 0.1) is 5.82 Å². The van der Waals surface area contributed by atoms with Crippen molar-refractivity contribution < 1.29 is 17.5 Å². The average Bonchev–Trinajstić information content (AvgIpc) is 3.07. The van der Waals surface area contributed by atoms with E-state index in [-0.39, 0.29) is 11.9 Å². The predicted molar refractivity (Wildman–Crippen MR) is 98.4 cm³/mol. The number of halogens is 1. The molecule has 1 aromatic heterocycles. The van der Waals surface area contributed by atoms with Gasteiger partial charge in [0.2, 0.25) is 10.0 Å². The Balaban J connectivity index is 1.43. The molecule has 0 radical (unpaired) electrons. The molecule has 0 spiro atoms. The van der Waals surface area contributed by atoms with Crippen molar-refractivity contribution in [3.05, 3.63) is 54.3 Å². The molecule has 8 heteroatoms. The van der Waals surface area contributed by atoms with Gasteiger partial charge in [-0.05, 0) is 37.1 Å². The topological polar surface area (TPSA) is 59.5 Å². The van der Waals surface area contributed by atoms with Crippen LogP contribution in [0.2, 0.25) is 0 Å². The van der Waals surface area contributed by atoms with Crippen LogP contribution in [-0.2, 0) is 10.0 Å². The standard InChI is InChI=1S/C18H17FN2O3S2/c19-15-7-4-8-16-17(15)20-18(25-16)24-13-9-11-21(12-10-13)26(22,23)14-5-2-1-3-6-14/h1-8,13H,9-12H2. The Morgan fingerprint density at radius 1 is 1.08 bits per heavy atom. The molecule has 26 heavy (non-hydrogen) atoms. The normalized spacial score (nSPS) is 16.8. The Hall–Kier alpha value is -2.03. The van der Waals surface area contributed by atoms with Crippen LogP contribution in [0.5, 0.6) is 5.19 Å². The van der Waals surface area contributed by atoms with Gasteiger partial charge in [0.25, 0.3) is 5.19 Å². The maximum absolute atomic E-state index is 13.7. The van der Waals surface area contributed by atoms with Crippen LogP contribution < -0.4 is 4.74 Å². The molecule has 5 nitrogen and oxygen atoms in total. The van der Waals surface area contributed by atoms with Crippen molar-refractivity contribution in [1.29, 1.82) is 0 Å². The number of para-hydroxylation sites is 1. The molecule has 1 fully saturated rings. The zero-order valence-corrected chi connectivity index (χ0v) is 15.5. The van der Waals surface area contributed by atoms with E-state index in [0.29, 0.717) is 41.5 Å². The molecule has 136 valence electrons. The average molecular weight is 392 g/mol. The van der Waals surface area contributed by atoms with Gasteiger partial charge in [0, 0.05) is 13.1 Å². The van der Waals surface area contributed by atoms with Gasteiger partial charge in [-0.15, -0.1) is 0 Å². The summed E-state index contributed by atoms with van der Waals surface area (Å²) in [7, 11) is -3.47. The lowest BCUT2D eigenvalue weighted by Gasteiger charge is -2.30. The number of sulfonamides is 1. The molecular weight excluding hydrogens is 375 g/mol. The van der Waals surface area contributed by atoms with Crippen LogP contribution in [0.3, 0.4) is 0 Å². The van der Waals surface area contributed by atoms with Crippen molar-refractivity contribution in [2.45, 2.75) is 23.8 Å². The summed E-state index contributed by atoms with van der Waals surface area (Å²) in [5.41, 5.74) is 0.316. The molecule has 2 aromatic carbocycles. The van der Waals surface area contributed by atoms with E-state index >= 15 is 0 Å². The number of benzene rings is 2. The first-order valence-electron chi connectivity index (χ1n) is 8.31. The van der Waals surface area contributed by atoms with Crippen molar-refractivity contribution in [3.8, 4) is 5.19 Å². The number of nitrogens with zero attached hydrogens (tertiary/aromatic N) is 2. The van der Waals surface area contributed by atoms with Crippen LogP contribution in [0.15, 0.2) is 53.4 Å². The van der Waals surface area contributed by atoms with Gasteiger partial charge in [-0.2, -0.15) is 9.29 Å². The SMILES string of the molecule is O=S(=O)(c1ccccc1)N1CCC(Oc2nc3c(F)cccc3s2)CC1. The first kappa shape index (κ1) is 17.4. The van der Waals surface area contributed by atoms with E-state index in [0.717, 1.165) is 4.70 Å². The van der Waals surface area contributed by atoms with Gasteiger partial charge in [0.15, 0.2) is 0 Å². The fourth-order valence-corrected chi connectivity index (χ4v) is 5.41. The van der Waals surface area contributed by atoms with Gasteiger partial charge in [-0.25, -0.2) is 12.8 Å². The second-order valence-corrected chi connectivity index (χ2v) is 9.03. The highest BCUT2D eigenvalue weighted by Gasteiger charge is 2.30. The van der Waals surface area contributed by atoms with Gasteiger partial charge < -0.3 is 4.74 Å². The van der Waals surface area contributed by atoms with Crippen LogP contribution in [0.25, 0.3) is 10.2 Å². The maximum Gasteiger partial charge on any atom is 0.274 e. The molecule has 2 heterocycles. The minimum Gasteiger partial charge on any atom is -0.467 e. The van der Waals surface area contributed by atoms with E-state index < -0.39 is 10.0 Å². The van der Waals surface area contributed by atoms with Crippen molar-refractivity contribution in [1.82, 2.24) is 9.29 Å². The van der Waals surface area contributed by atoms with Crippen molar-refractivity contribution in [2.24, 2.45) is 0 Å². The van der Waals surface area contributed by atoms with E-state index in [4.69, 9.17) is 4.74 Å². The van der Waals surface area contributed by atoms with Gasteiger partial charge in [0.1, 0.15) is 17.4 Å². The summed E-state index contributed by atoms with van der Waals surface area (Å²) in [6.45, 7) is 0.780. The first-order chi connectivity index (χ1) is 12.5. The molecule has 0 bridgehead atoms. The molecule has 0 amide bonds. The molecule has 3 aromatic rings. The van der Waals surface area contributed by atoms with Gasteiger partial charge in [-0.3, -0.25) is 0 Å². The number of fused-ring (bicyclic) bond motifs is 1. The fraction of sp³-hybridized carbons (Fsp3) is 0.278. The van der Waals surface area contributed by atoms with Crippen LogP contribution in [-0.4, -0.2) is 36.9 Å². The maximum atomic E-state index is 13.7. The van der Waals surface area contributed by atoms with E-state index in [1.807, 2.05) is 0 Å². The number of piperidine rings is 1. The lowest BCUT2D eigenvalue weighted by molar-refractivity contribution is 0.135. The third-order valence-electron chi connectivity index (χ3n) is 4.40. The number of hydrogen-bond acceptors (Lipinski definition) is 5. The fourth-order valence-electron chi connectivity index (χ4n) is 3.02. The molecule has 1 aliphatic rings. The Kier molecular flexibility index (Phi) is 4.64. The molecule has 0 N–H and O–H groups in total. The Morgan fingerprint density at radius 2 is 1.81 bits per heavy atom. The number of aromatic nitrogens is 1. The lowest BCUT2D eigenvalue weighted by Crippen LogP contribution is -2.41. The van der Waals surface area contributed by atoms with Gasteiger partial charge >= 0.3 is 0 Å². The molecule has 0 aliphatic carbocycles. The Labute approximate surface area is 155 Å². The van der Waals surface area contributed by atoms with E-state index in [1.54, 1.807) is 42.5 Å². The zero-order valence-electron chi connectivity index (χ0n) is 13.8. The second-order valence-electron chi connectivity index (χ2n) is 6.10. The molecule has 0 saturated carbocycles. The summed E-state index contributed by atoms with van der Waals surface area (Å²) in [6, 6.07) is 13.3. The summed E-state index contributed by atoms with van der Waals surface area (Å²) in [5.74, 6) is -0.364. The molecule has 1 saturated heterocycles. The number of thiazole rings is 1. The summed E-state index contributed by atoms with van der Waals surface area (Å²) in [6.07, 6.45) is 1.02. The molecule has 4 rings (SSSR count). The lowest BCUT2D eigenvalue weighted by atomic mass is 10.1. The summed E-state index contributed by atoms with van der Waals surface area (Å²) < 4.78 is 47.1. The third-order valence-corrected chi connectivity index (χ3v) is 7.22. The van der Waals surface area contributed by atoms with Crippen LogP contribution in [0.4, 0.5) is 4.39 Å². The number of hydrogen-bond donors (Lipinski definition) is 0. The minimum absolute atomic E-state index is 0.124. The largest absolute Gasteiger partial charge is 0.467 e. The van der Waals surface area contributed by atoms with Gasteiger partial charge in [0.05, 0.1) is 9.60 Å². The summed E-state index contributed by atoms with van der Waals surface area (Å²) >= 11 is 1.30. The highest BCUT2D eigenvalue weighted by atomic mass is 32.2. The monoisotopic (exact) mass is 392 g/mol. The van der Waals surface area contributed by atoms with Crippen molar-refractivity contribution >= 4 is 31.6 Å². The minimum atomic E-state index is -3.47. The smallest absolute Gasteiger partial charge is 0.274 e. The van der Waals surface area contributed by atoms with Crippen molar-refractivity contribution in [3.63, 3.8) is 0 Å². The zero-order chi connectivity index (χ0) is 18.1. The highest BCUT2D eigenvalue weighted by Crippen LogP contribution is 2.31. The van der Waals surface area contributed by atoms with Crippen molar-refractivity contribution in [2.75, 3.05) is 13.1 Å². The first-order valence-corrected chi connectivity index (χ1v) is 10.6. The number of ether oxygens (including phenoxy) is 1.